The monoisotopic (exact) mass is 371 g/mol. The third-order valence-corrected chi connectivity index (χ3v) is 5.79. The van der Waals surface area contributed by atoms with Gasteiger partial charge in [-0.05, 0) is 23.6 Å². The molecular formula is C20H26FN5O. The van der Waals surface area contributed by atoms with Gasteiger partial charge in [0.15, 0.2) is 0 Å². The van der Waals surface area contributed by atoms with Crippen molar-refractivity contribution in [1.82, 2.24) is 24.3 Å². The highest BCUT2D eigenvalue weighted by Gasteiger charge is 2.49. The SMILES string of the molecule is CN(C)C(=O)N1C[C@H]2CN(CCn3ccnc3)C[C@H]2[C@@H]1c1cccc(F)c1. The summed E-state index contributed by atoms with van der Waals surface area (Å²) in [5.41, 5.74) is 0.897. The number of hydrogen-bond donors (Lipinski definition) is 0. The number of hydrogen-bond acceptors (Lipinski definition) is 3. The van der Waals surface area contributed by atoms with Gasteiger partial charge in [0.1, 0.15) is 5.82 Å². The van der Waals surface area contributed by atoms with E-state index in [0.717, 1.165) is 38.3 Å². The Morgan fingerprint density at radius 3 is 2.81 bits per heavy atom. The molecule has 27 heavy (non-hydrogen) atoms. The first-order chi connectivity index (χ1) is 13.0. The molecule has 2 fully saturated rings. The minimum atomic E-state index is -0.247. The summed E-state index contributed by atoms with van der Waals surface area (Å²) in [6, 6.07) is 6.65. The number of rotatable bonds is 4. The first kappa shape index (κ1) is 18.0. The van der Waals surface area contributed by atoms with Gasteiger partial charge in [-0.1, -0.05) is 12.1 Å². The molecular weight excluding hydrogens is 345 g/mol. The van der Waals surface area contributed by atoms with Crippen molar-refractivity contribution >= 4 is 6.03 Å². The van der Waals surface area contributed by atoms with Crippen LogP contribution in [0.4, 0.5) is 9.18 Å². The number of imidazole rings is 1. The third-order valence-electron chi connectivity index (χ3n) is 5.79. The number of benzene rings is 1. The maximum atomic E-state index is 13.9. The maximum Gasteiger partial charge on any atom is 0.320 e. The van der Waals surface area contributed by atoms with Gasteiger partial charge in [0.2, 0.25) is 0 Å². The van der Waals surface area contributed by atoms with Crippen molar-refractivity contribution in [2.45, 2.75) is 12.6 Å². The minimum absolute atomic E-state index is 0.00336. The van der Waals surface area contributed by atoms with E-state index in [9.17, 15) is 9.18 Å². The van der Waals surface area contributed by atoms with Crippen LogP contribution in [0.15, 0.2) is 43.0 Å². The number of carbonyl (C=O) groups is 1. The lowest BCUT2D eigenvalue weighted by Gasteiger charge is -2.32. The Labute approximate surface area is 159 Å². The van der Waals surface area contributed by atoms with Crippen molar-refractivity contribution in [3.05, 3.63) is 54.4 Å². The normalized spacial score (nSPS) is 25.0. The largest absolute Gasteiger partial charge is 0.336 e. The van der Waals surface area contributed by atoms with E-state index in [1.807, 2.05) is 23.5 Å². The summed E-state index contributed by atoms with van der Waals surface area (Å²) < 4.78 is 16.0. The highest BCUT2D eigenvalue weighted by atomic mass is 19.1. The molecule has 3 heterocycles. The average Bonchev–Trinajstić information content (AvgIpc) is 3.34. The molecule has 2 aliphatic heterocycles. The predicted molar refractivity (Wildman–Crippen MR) is 101 cm³/mol. The second kappa shape index (κ2) is 7.31. The van der Waals surface area contributed by atoms with Crippen LogP contribution in [0, 0.1) is 17.7 Å². The number of halogens is 1. The van der Waals surface area contributed by atoms with Gasteiger partial charge in [-0.25, -0.2) is 14.2 Å². The van der Waals surface area contributed by atoms with Crippen molar-refractivity contribution in [2.75, 3.05) is 40.3 Å². The molecule has 7 heteroatoms. The van der Waals surface area contributed by atoms with E-state index in [1.165, 1.54) is 6.07 Å². The van der Waals surface area contributed by atoms with Crippen LogP contribution in [-0.2, 0) is 6.54 Å². The van der Waals surface area contributed by atoms with Crippen molar-refractivity contribution in [2.24, 2.45) is 11.8 Å². The van der Waals surface area contributed by atoms with Crippen LogP contribution < -0.4 is 0 Å². The highest BCUT2D eigenvalue weighted by Crippen LogP contribution is 2.45. The number of fused-ring (bicyclic) bond motifs is 1. The lowest BCUT2D eigenvalue weighted by atomic mass is 9.89. The van der Waals surface area contributed by atoms with Gasteiger partial charge in [-0.15, -0.1) is 0 Å². The predicted octanol–water partition coefficient (Wildman–Crippen LogP) is 2.31. The summed E-state index contributed by atoms with van der Waals surface area (Å²) in [5, 5.41) is 0. The molecule has 3 atom stereocenters. The van der Waals surface area contributed by atoms with Crippen molar-refractivity contribution in [1.29, 1.82) is 0 Å². The van der Waals surface area contributed by atoms with E-state index in [4.69, 9.17) is 0 Å². The second-order valence-electron chi connectivity index (χ2n) is 7.81. The van der Waals surface area contributed by atoms with Gasteiger partial charge in [0.05, 0.1) is 12.4 Å². The Balaban J connectivity index is 1.52. The molecule has 0 spiro atoms. The highest BCUT2D eigenvalue weighted by molar-refractivity contribution is 5.75. The van der Waals surface area contributed by atoms with Crippen LogP contribution in [0.2, 0.25) is 0 Å². The molecule has 0 unspecified atom stereocenters. The topological polar surface area (TPSA) is 44.6 Å². The summed E-state index contributed by atoms with van der Waals surface area (Å²) in [6.45, 7) is 4.50. The fourth-order valence-corrected chi connectivity index (χ4v) is 4.57. The number of urea groups is 1. The molecule has 1 aromatic heterocycles. The molecule has 2 saturated heterocycles. The Morgan fingerprint density at radius 2 is 2.11 bits per heavy atom. The quantitative estimate of drug-likeness (QED) is 0.829. The molecule has 2 aromatic rings. The van der Waals surface area contributed by atoms with Gasteiger partial charge in [-0.2, -0.15) is 0 Å². The molecule has 6 nitrogen and oxygen atoms in total. The zero-order chi connectivity index (χ0) is 19.0. The Bertz CT molecular complexity index is 793. The lowest BCUT2D eigenvalue weighted by Crippen LogP contribution is -2.41. The average molecular weight is 371 g/mol. The molecule has 2 aliphatic rings. The van der Waals surface area contributed by atoms with Crippen LogP contribution in [-0.4, -0.2) is 70.6 Å². The first-order valence-electron chi connectivity index (χ1n) is 9.44. The lowest BCUT2D eigenvalue weighted by molar-refractivity contribution is 0.152. The van der Waals surface area contributed by atoms with E-state index in [0.29, 0.717) is 11.8 Å². The molecule has 0 N–H and O–H groups in total. The van der Waals surface area contributed by atoms with E-state index in [2.05, 4.69) is 14.5 Å². The zero-order valence-corrected chi connectivity index (χ0v) is 15.8. The molecule has 144 valence electrons. The van der Waals surface area contributed by atoms with Crippen molar-refractivity contribution < 1.29 is 9.18 Å². The smallest absolute Gasteiger partial charge is 0.320 e. The number of likely N-dealkylation sites (tertiary alicyclic amines) is 2. The molecule has 0 bridgehead atoms. The number of carbonyl (C=O) groups excluding carboxylic acids is 1. The second-order valence-corrected chi connectivity index (χ2v) is 7.81. The van der Waals surface area contributed by atoms with Crippen LogP contribution in [0.25, 0.3) is 0 Å². The summed E-state index contributed by atoms with van der Waals surface area (Å²) in [5.74, 6) is 0.506. The summed E-state index contributed by atoms with van der Waals surface area (Å²) >= 11 is 0. The Hall–Kier alpha value is -2.41. The molecule has 2 amide bonds. The molecule has 0 aliphatic carbocycles. The fraction of sp³-hybridized carbons (Fsp3) is 0.500. The van der Waals surface area contributed by atoms with Crippen molar-refractivity contribution in [3.8, 4) is 0 Å². The van der Waals surface area contributed by atoms with Crippen LogP contribution >= 0.6 is 0 Å². The van der Waals surface area contributed by atoms with Crippen molar-refractivity contribution in [3.63, 3.8) is 0 Å². The van der Waals surface area contributed by atoms with Gasteiger partial charge in [-0.3, -0.25) is 0 Å². The first-order valence-corrected chi connectivity index (χ1v) is 9.44. The number of amides is 2. The minimum Gasteiger partial charge on any atom is -0.336 e. The third kappa shape index (κ3) is 3.56. The zero-order valence-electron chi connectivity index (χ0n) is 15.8. The number of aromatic nitrogens is 2. The van der Waals surface area contributed by atoms with Crippen LogP contribution in [0.5, 0.6) is 0 Å². The van der Waals surface area contributed by atoms with E-state index < -0.39 is 0 Å². The van der Waals surface area contributed by atoms with Gasteiger partial charge in [0, 0.05) is 65.1 Å². The molecule has 0 radical (unpaired) electrons. The van der Waals surface area contributed by atoms with E-state index >= 15 is 0 Å². The van der Waals surface area contributed by atoms with E-state index in [-0.39, 0.29) is 17.9 Å². The summed E-state index contributed by atoms with van der Waals surface area (Å²) in [7, 11) is 3.55. The summed E-state index contributed by atoms with van der Waals surface area (Å²) in [4.78, 5) is 22.8. The molecule has 1 aromatic carbocycles. The standard InChI is InChI=1S/C20H26FN5O/c1-23(2)20(27)26-12-16-11-25(9-8-24-7-6-22-14-24)13-18(16)19(26)15-4-3-5-17(21)10-15/h3-7,10,14,16,18-19H,8-9,11-13H2,1-2H3/t16-,18-,19+/m1/s1. The van der Waals surface area contributed by atoms with Gasteiger partial charge >= 0.3 is 6.03 Å². The van der Waals surface area contributed by atoms with Gasteiger partial charge in [0.25, 0.3) is 0 Å². The van der Waals surface area contributed by atoms with E-state index in [1.54, 1.807) is 37.3 Å². The van der Waals surface area contributed by atoms with Crippen LogP contribution in [0.1, 0.15) is 11.6 Å². The number of nitrogens with zero attached hydrogens (tertiary/aromatic N) is 5. The van der Waals surface area contributed by atoms with Gasteiger partial charge < -0.3 is 19.3 Å². The summed E-state index contributed by atoms with van der Waals surface area (Å²) in [6.07, 6.45) is 5.61. The van der Waals surface area contributed by atoms with Crippen LogP contribution in [0.3, 0.4) is 0 Å². The molecule has 4 rings (SSSR count). The Morgan fingerprint density at radius 1 is 1.26 bits per heavy atom. The Kier molecular flexibility index (Phi) is 4.86. The maximum absolute atomic E-state index is 13.9. The molecule has 0 saturated carbocycles. The fourth-order valence-electron chi connectivity index (χ4n) is 4.57.